The molecule has 0 bridgehead atoms. The van der Waals surface area contributed by atoms with Gasteiger partial charge >= 0.3 is 0 Å². The molecule has 0 aromatic carbocycles. The van der Waals surface area contributed by atoms with E-state index in [2.05, 4.69) is 6.92 Å². The number of carbonyl (C=O) groups is 1. The summed E-state index contributed by atoms with van der Waals surface area (Å²) in [5.41, 5.74) is 1.27. The number of hydrogen-bond acceptors (Lipinski definition) is 1. The van der Waals surface area contributed by atoms with Gasteiger partial charge in [-0.25, -0.2) is 0 Å². The van der Waals surface area contributed by atoms with E-state index in [0.717, 1.165) is 19.3 Å². The molecular formula is C13H22O. The van der Waals surface area contributed by atoms with Crippen molar-refractivity contribution >= 4 is 5.78 Å². The highest BCUT2D eigenvalue weighted by molar-refractivity contribution is 5.90. The molecule has 0 spiro atoms. The van der Waals surface area contributed by atoms with Gasteiger partial charge in [0, 0.05) is 6.42 Å². The van der Waals surface area contributed by atoms with Crippen LogP contribution in [-0.2, 0) is 4.79 Å². The molecule has 0 aliphatic heterocycles. The minimum atomic E-state index is 0.336. The molecule has 1 nitrogen and oxygen atoms in total. The lowest BCUT2D eigenvalue weighted by molar-refractivity contribution is -0.114. The molecule has 0 saturated carbocycles. The molecule has 0 saturated heterocycles. The Kier molecular flexibility index (Phi) is 5.58. The molecule has 0 aromatic heterocycles. The van der Waals surface area contributed by atoms with Crippen LogP contribution < -0.4 is 0 Å². The second kappa shape index (κ2) is 6.80. The van der Waals surface area contributed by atoms with Gasteiger partial charge in [0.15, 0.2) is 5.78 Å². The Balaban J connectivity index is 2.40. The summed E-state index contributed by atoms with van der Waals surface area (Å²) in [5, 5.41) is 0. The van der Waals surface area contributed by atoms with E-state index in [4.69, 9.17) is 0 Å². The minimum absolute atomic E-state index is 0.336. The highest BCUT2D eigenvalue weighted by Gasteiger charge is 2.01. The highest BCUT2D eigenvalue weighted by Crippen LogP contribution is 2.14. The standard InChI is InChI=1S/C13H22O/c1-12-9-7-5-3-2-4-6-8-10-13(14)11-12/h11H,2-10H2,1H3/b12-11+. The maximum atomic E-state index is 11.4. The molecule has 0 atom stereocenters. The van der Waals surface area contributed by atoms with Crippen LogP contribution in [-0.4, -0.2) is 5.78 Å². The fourth-order valence-electron chi connectivity index (χ4n) is 2.01. The van der Waals surface area contributed by atoms with E-state index in [1.54, 1.807) is 0 Å². The van der Waals surface area contributed by atoms with Crippen molar-refractivity contribution in [2.24, 2.45) is 0 Å². The number of rotatable bonds is 0. The summed E-state index contributed by atoms with van der Waals surface area (Å²) in [4.78, 5) is 11.4. The maximum Gasteiger partial charge on any atom is 0.155 e. The van der Waals surface area contributed by atoms with Gasteiger partial charge < -0.3 is 0 Å². The van der Waals surface area contributed by atoms with Crippen molar-refractivity contribution in [3.05, 3.63) is 11.6 Å². The van der Waals surface area contributed by atoms with E-state index < -0.39 is 0 Å². The van der Waals surface area contributed by atoms with Crippen LogP contribution in [0.3, 0.4) is 0 Å². The van der Waals surface area contributed by atoms with Gasteiger partial charge in [-0.15, -0.1) is 0 Å². The average Bonchev–Trinajstić information content (AvgIpc) is 2.13. The Bertz CT molecular complexity index is 203. The quantitative estimate of drug-likeness (QED) is 0.569. The van der Waals surface area contributed by atoms with Crippen LogP contribution in [0.1, 0.15) is 64.7 Å². The van der Waals surface area contributed by atoms with E-state index >= 15 is 0 Å². The van der Waals surface area contributed by atoms with E-state index in [1.807, 2.05) is 6.08 Å². The molecule has 0 aromatic rings. The molecule has 14 heavy (non-hydrogen) atoms. The third kappa shape index (κ3) is 5.21. The normalized spacial score (nSPS) is 25.8. The molecule has 0 heterocycles. The van der Waals surface area contributed by atoms with E-state index in [9.17, 15) is 4.79 Å². The molecule has 0 radical (unpaired) electrons. The summed E-state index contributed by atoms with van der Waals surface area (Å²) in [6, 6.07) is 0. The maximum absolute atomic E-state index is 11.4. The number of allylic oxidation sites excluding steroid dienone is 2. The zero-order valence-corrected chi connectivity index (χ0v) is 9.35. The van der Waals surface area contributed by atoms with Crippen LogP contribution >= 0.6 is 0 Å². The Morgan fingerprint density at radius 3 is 2.00 bits per heavy atom. The zero-order chi connectivity index (χ0) is 10.2. The van der Waals surface area contributed by atoms with Gasteiger partial charge in [0.25, 0.3) is 0 Å². The summed E-state index contributed by atoms with van der Waals surface area (Å²) in [6.07, 6.45) is 12.7. The number of ketones is 1. The van der Waals surface area contributed by atoms with Crippen LogP contribution in [0.5, 0.6) is 0 Å². The fraction of sp³-hybridized carbons (Fsp3) is 0.769. The van der Waals surface area contributed by atoms with Gasteiger partial charge in [-0.05, 0) is 32.3 Å². The van der Waals surface area contributed by atoms with Gasteiger partial charge in [-0.3, -0.25) is 4.79 Å². The molecule has 0 fully saturated rings. The van der Waals surface area contributed by atoms with Crippen molar-refractivity contribution in [2.45, 2.75) is 64.7 Å². The number of carbonyl (C=O) groups excluding carboxylic acids is 1. The Morgan fingerprint density at radius 2 is 1.36 bits per heavy atom. The van der Waals surface area contributed by atoms with Crippen molar-refractivity contribution in [3.63, 3.8) is 0 Å². The molecule has 0 N–H and O–H groups in total. The van der Waals surface area contributed by atoms with Crippen molar-refractivity contribution in [3.8, 4) is 0 Å². The highest BCUT2D eigenvalue weighted by atomic mass is 16.1. The third-order valence-corrected chi connectivity index (χ3v) is 2.90. The first-order chi connectivity index (χ1) is 6.79. The van der Waals surface area contributed by atoms with Crippen LogP contribution in [0, 0.1) is 0 Å². The lowest BCUT2D eigenvalue weighted by Crippen LogP contribution is -1.95. The Hall–Kier alpha value is -0.590. The molecule has 0 unspecified atom stereocenters. The van der Waals surface area contributed by atoms with Gasteiger partial charge in [-0.1, -0.05) is 37.7 Å². The first-order valence-corrected chi connectivity index (χ1v) is 5.99. The number of hydrogen-bond donors (Lipinski definition) is 0. The summed E-state index contributed by atoms with van der Waals surface area (Å²) in [7, 11) is 0. The fourth-order valence-corrected chi connectivity index (χ4v) is 2.01. The van der Waals surface area contributed by atoms with E-state index in [1.165, 1.54) is 44.1 Å². The third-order valence-electron chi connectivity index (χ3n) is 2.90. The second-order valence-corrected chi connectivity index (χ2v) is 4.43. The predicted octanol–water partition coefficient (Wildman–Crippen LogP) is 4.03. The molecule has 0 amide bonds. The molecule has 80 valence electrons. The summed E-state index contributed by atoms with van der Waals surface area (Å²) >= 11 is 0. The van der Waals surface area contributed by atoms with Gasteiger partial charge in [0.1, 0.15) is 0 Å². The van der Waals surface area contributed by atoms with Gasteiger partial charge in [0.2, 0.25) is 0 Å². The van der Waals surface area contributed by atoms with E-state index in [0.29, 0.717) is 5.78 Å². The van der Waals surface area contributed by atoms with Crippen LogP contribution in [0.15, 0.2) is 11.6 Å². The lowest BCUT2D eigenvalue weighted by Gasteiger charge is -2.05. The second-order valence-electron chi connectivity index (χ2n) is 4.43. The Labute approximate surface area is 87.6 Å². The van der Waals surface area contributed by atoms with E-state index in [-0.39, 0.29) is 0 Å². The minimum Gasteiger partial charge on any atom is -0.295 e. The SMILES string of the molecule is C/C1=C\C(=O)CCCCCCCCC1. The largest absolute Gasteiger partial charge is 0.295 e. The van der Waals surface area contributed by atoms with Crippen molar-refractivity contribution in [1.82, 2.24) is 0 Å². The smallest absolute Gasteiger partial charge is 0.155 e. The zero-order valence-electron chi connectivity index (χ0n) is 9.35. The van der Waals surface area contributed by atoms with Crippen molar-refractivity contribution in [2.75, 3.05) is 0 Å². The topological polar surface area (TPSA) is 17.1 Å². The van der Waals surface area contributed by atoms with Crippen LogP contribution in [0.25, 0.3) is 0 Å². The monoisotopic (exact) mass is 194 g/mol. The van der Waals surface area contributed by atoms with Crippen LogP contribution in [0.2, 0.25) is 0 Å². The summed E-state index contributed by atoms with van der Waals surface area (Å²) < 4.78 is 0. The molecule has 1 aliphatic rings. The first kappa shape index (κ1) is 11.5. The average molecular weight is 194 g/mol. The molecular weight excluding hydrogens is 172 g/mol. The Morgan fingerprint density at radius 1 is 0.857 bits per heavy atom. The molecule has 1 heteroatoms. The first-order valence-electron chi connectivity index (χ1n) is 5.99. The van der Waals surface area contributed by atoms with Crippen LogP contribution in [0.4, 0.5) is 0 Å². The summed E-state index contributed by atoms with van der Waals surface area (Å²) in [6.45, 7) is 2.09. The lowest BCUT2D eigenvalue weighted by atomic mass is 10.0. The summed E-state index contributed by atoms with van der Waals surface area (Å²) in [5.74, 6) is 0.336. The van der Waals surface area contributed by atoms with Crippen molar-refractivity contribution < 1.29 is 4.79 Å². The van der Waals surface area contributed by atoms with Gasteiger partial charge in [-0.2, -0.15) is 0 Å². The molecule has 1 aliphatic carbocycles. The van der Waals surface area contributed by atoms with Gasteiger partial charge in [0.05, 0.1) is 0 Å². The molecule has 1 rings (SSSR count). The van der Waals surface area contributed by atoms with Crippen molar-refractivity contribution in [1.29, 1.82) is 0 Å². The predicted molar refractivity (Wildman–Crippen MR) is 60.3 cm³/mol.